The second kappa shape index (κ2) is 9.53. The van der Waals surface area contributed by atoms with Gasteiger partial charge < -0.3 is 10.2 Å². The Bertz CT molecular complexity index is 1270. The Kier molecular flexibility index (Phi) is 6.98. The lowest BCUT2D eigenvalue weighted by Gasteiger charge is -2.43. The number of carbonyl (C=O) groups is 2. The maximum Gasteiger partial charge on any atom is 0.286 e. The van der Waals surface area contributed by atoms with Crippen LogP contribution in [0.4, 0.5) is 11.4 Å². The quantitative estimate of drug-likeness (QED) is 0.522. The van der Waals surface area contributed by atoms with E-state index in [0.29, 0.717) is 5.92 Å². The number of nitrogens with one attached hydrogen (secondary N) is 2. The number of hydrogen-bond donors (Lipinski definition) is 2. The van der Waals surface area contributed by atoms with E-state index >= 15 is 0 Å². The van der Waals surface area contributed by atoms with Crippen molar-refractivity contribution in [3.63, 3.8) is 0 Å². The van der Waals surface area contributed by atoms with Gasteiger partial charge in [-0.15, -0.1) is 4.40 Å². The third kappa shape index (κ3) is 5.53. The molecule has 2 aliphatic heterocycles. The molecule has 0 bridgehead atoms. The van der Waals surface area contributed by atoms with Crippen LogP contribution in [0, 0.1) is 11.8 Å². The number of anilines is 2. The van der Waals surface area contributed by atoms with Gasteiger partial charge in [-0.3, -0.25) is 14.3 Å². The van der Waals surface area contributed by atoms with Crippen molar-refractivity contribution in [2.24, 2.45) is 16.2 Å². The minimum absolute atomic E-state index is 0.0490. The van der Waals surface area contributed by atoms with E-state index in [2.05, 4.69) is 28.3 Å². The number of amidine groups is 1. The van der Waals surface area contributed by atoms with Crippen molar-refractivity contribution < 1.29 is 26.4 Å². The van der Waals surface area contributed by atoms with Crippen molar-refractivity contribution >= 4 is 48.9 Å². The van der Waals surface area contributed by atoms with Crippen molar-refractivity contribution in [2.45, 2.75) is 75.8 Å². The van der Waals surface area contributed by atoms with E-state index < -0.39 is 26.0 Å². The smallest absolute Gasteiger partial charge is 0.286 e. The molecular weight excluding hydrogens is 492 g/mol. The molecule has 4 rings (SSSR count). The minimum Gasteiger partial charge on any atom is -0.341 e. The van der Waals surface area contributed by atoms with Crippen molar-refractivity contribution in [1.82, 2.24) is 4.90 Å². The number of likely N-dealkylation sites (tertiary alicyclic amines) is 1. The first kappa shape index (κ1) is 25.6. The zero-order valence-corrected chi connectivity index (χ0v) is 21.8. The summed E-state index contributed by atoms with van der Waals surface area (Å²) in [7, 11) is -7.88. The van der Waals surface area contributed by atoms with Crippen molar-refractivity contribution in [3.05, 3.63) is 18.2 Å². The summed E-state index contributed by atoms with van der Waals surface area (Å²) >= 11 is 0. The summed E-state index contributed by atoms with van der Waals surface area (Å²) in [5.74, 6) is -1.78. The summed E-state index contributed by atoms with van der Waals surface area (Å²) < 4.78 is 55.1. The van der Waals surface area contributed by atoms with Crippen LogP contribution in [0.2, 0.25) is 0 Å². The number of carbonyl (C=O) groups excluding carboxylic acids is 2. The van der Waals surface area contributed by atoms with Gasteiger partial charge in [-0.25, -0.2) is 8.42 Å². The molecule has 2 unspecified atom stereocenters. The van der Waals surface area contributed by atoms with Crippen LogP contribution in [0.25, 0.3) is 0 Å². The zero-order chi connectivity index (χ0) is 25.5. The van der Waals surface area contributed by atoms with Crippen LogP contribution in [0.1, 0.15) is 58.8 Å². The largest absolute Gasteiger partial charge is 0.341 e. The molecule has 1 saturated heterocycles. The number of piperidine rings is 1. The number of Topliss-reactive ketones (excluding diaryl/α,β-unsaturated/α-hetero) is 1. The van der Waals surface area contributed by atoms with Crippen LogP contribution in [-0.4, -0.2) is 57.6 Å². The maximum absolute atomic E-state index is 13.7. The summed E-state index contributed by atoms with van der Waals surface area (Å²) in [5.41, 5.74) is 0.212. The molecule has 0 spiro atoms. The van der Waals surface area contributed by atoms with Gasteiger partial charge in [0, 0.05) is 24.2 Å². The topological polar surface area (TPSA) is 142 Å². The number of sulfonamides is 2. The third-order valence-electron chi connectivity index (χ3n) is 6.77. The molecule has 1 aliphatic carbocycles. The summed E-state index contributed by atoms with van der Waals surface area (Å²) in [4.78, 5) is 28.5. The molecule has 1 aromatic rings. The third-order valence-corrected chi connectivity index (χ3v) is 8.70. The predicted molar refractivity (Wildman–Crippen MR) is 133 cm³/mol. The summed E-state index contributed by atoms with van der Waals surface area (Å²) in [6, 6.07) is 3.83. The fraction of sp³-hybridized carbons (Fsp3) is 0.609. The molecule has 0 radical (unpaired) electrons. The number of rotatable bonds is 7. The Morgan fingerprint density at radius 1 is 1.20 bits per heavy atom. The van der Waals surface area contributed by atoms with Crippen molar-refractivity contribution in [2.75, 3.05) is 16.3 Å². The van der Waals surface area contributed by atoms with Crippen LogP contribution in [-0.2, 0) is 29.6 Å². The molecule has 2 fully saturated rings. The highest BCUT2D eigenvalue weighted by Gasteiger charge is 2.48. The first-order chi connectivity index (χ1) is 16.4. The monoisotopic (exact) mass is 524 g/mol. The maximum atomic E-state index is 13.7. The second-order valence-electron chi connectivity index (χ2n) is 10.1. The zero-order valence-electron chi connectivity index (χ0n) is 20.2. The van der Waals surface area contributed by atoms with Gasteiger partial charge in [-0.05, 0) is 49.8 Å². The minimum atomic E-state index is -4.27. The molecule has 35 heavy (non-hydrogen) atoms. The molecule has 2 atom stereocenters. The van der Waals surface area contributed by atoms with Crippen molar-refractivity contribution in [3.8, 4) is 0 Å². The Morgan fingerprint density at radius 2 is 1.89 bits per heavy atom. The van der Waals surface area contributed by atoms with Crippen LogP contribution < -0.4 is 10.0 Å². The Balaban J connectivity index is 1.66. The second-order valence-corrected chi connectivity index (χ2v) is 13.4. The summed E-state index contributed by atoms with van der Waals surface area (Å²) in [5, 5.41) is 2.87. The van der Waals surface area contributed by atoms with Gasteiger partial charge in [0.25, 0.3) is 10.0 Å². The number of ketones is 1. The lowest BCUT2D eigenvalue weighted by atomic mass is 9.85. The average molecular weight is 525 g/mol. The normalized spacial score (nSPS) is 24.8. The van der Waals surface area contributed by atoms with Crippen LogP contribution in [0.15, 0.2) is 27.5 Å². The number of amides is 1. The van der Waals surface area contributed by atoms with E-state index in [9.17, 15) is 26.4 Å². The Hall–Kier alpha value is -2.47. The highest BCUT2D eigenvalue weighted by atomic mass is 32.2. The van der Waals surface area contributed by atoms with Gasteiger partial charge in [0.1, 0.15) is 10.7 Å². The molecule has 3 aliphatic rings. The lowest BCUT2D eigenvalue weighted by molar-refractivity contribution is -0.148. The molecular formula is C23H32N4O6S2. The fourth-order valence-electron chi connectivity index (χ4n) is 5.19. The van der Waals surface area contributed by atoms with Gasteiger partial charge >= 0.3 is 0 Å². The van der Waals surface area contributed by atoms with Gasteiger partial charge in [0.05, 0.1) is 11.9 Å². The molecule has 10 nitrogen and oxygen atoms in total. The van der Waals surface area contributed by atoms with E-state index in [1.54, 1.807) is 0 Å². The Morgan fingerprint density at radius 3 is 2.51 bits per heavy atom. The Labute approximate surface area is 206 Å². The molecule has 1 amide bonds. The molecule has 1 saturated carbocycles. The van der Waals surface area contributed by atoms with E-state index in [0.717, 1.165) is 50.8 Å². The first-order valence-electron chi connectivity index (χ1n) is 11.9. The van der Waals surface area contributed by atoms with E-state index in [1.165, 1.54) is 12.1 Å². The summed E-state index contributed by atoms with van der Waals surface area (Å²) in [6.45, 7) is 4.21. The number of benzene rings is 1. The van der Waals surface area contributed by atoms with Crippen molar-refractivity contribution in [1.29, 1.82) is 0 Å². The summed E-state index contributed by atoms with van der Waals surface area (Å²) in [6.07, 6.45) is 6.55. The lowest BCUT2D eigenvalue weighted by Crippen LogP contribution is -2.58. The standard InChI is InChI=1S/C23H32N4O6S2/c1-14(2)8-10-17-13-19(28)21(23(29)27(17)16-6-4-5-7-16)22-24-18-11-9-15(25-34(3,30)31)12-20(18)35(32,33)26-22/h9,11-12,14,16-17,21,25H,4-8,10,13H2,1-3H3,(H,24,26). The van der Waals surface area contributed by atoms with Crippen LogP contribution in [0.5, 0.6) is 0 Å². The highest BCUT2D eigenvalue weighted by molar-refractivity contribution is 7.92. The van der Waals surface area contributed by atoms with Crippen LogP contribution in [0.3, 0.4) is 0 Å². The number of hydrogen-bond acceptors (Lipinski definition) is 7. The van der Waals surface area contributed by atoms with Gasteiger partial charge in [0.2, 0.25) is 15.9 Å². The molecule has 2 N–H and O–H groups in total. The average Bonchev–Trinajstić information content (AvgIpc) is 3.25. The number of fused-ring (bicyclic) bond motifs is 1. The SMILES string of the molecule is CC(C)CCC1CC(=O)C(C2=NS(=O)(=O)c3cc(NS(C)(=O)=O)ccc3N2)C(=O)N1C1CCCC1. The van der Waals surface area contributed by atoms with E-state index in [-0.39, 0.29) is 52.3 Å². The van der Waals surface area contributed by atoms with E-state index in [4.69, 9.17) is 0 Å². The van der Waals surface area contributed by atoms with Crippen LogP contribution >= 0.6 is 0 Å². The molecule has 0 aromatic heterocycles. The molecule has 12 heteroatoms. The fourth-order valence-corrected chi connectivity index (χ4v) is 6.93. The van der Waals surface area contributed by atoms with Gasteiger partial charge in [-0.1, -0.05) is 26.7 Å². The van der Waals surface area contributed by atoms with Gasteiger partial charge in [-0.2, -0.15) is 8.42 Å². The molecule has 2 heterocycles. The highest BCUT2D eigenvalue weighted by Crippen LogP contribution is 2.36. The van der Waals surface area contributed by atoms with E-state index in [1.807, 2.05) is 4.90 Å². The number of nitrogens with zero attached hydrogens (tertiary/aromatic N) is 2. The van der Waals surface area contributed by atoms with Gasteiger partial charge in [0.15, 0.2) is 11.7 Å². The molecule has 1 aromatic carbocycles. The first-order valence-corrected chi connectivity index (χ1v) is 15.3. The predicted octanol–water partition coefficient (Wildman–Crippen LogP) is 2.74. The molecule has 192 valence electrons.